The summed E-state index contributed by atoms with van der Waals surface area (Å²) in [7, 11) is 0. The third kappa shape index (κ3) is 4.53. The summed E-state index contributed by atoms with van der Waals surface area (Å²) >= 11 is 0. The number of rotatable bonds is 5. The highest BCUT2D eigenvalue weighted by Gasteiger charge is 2.22. The smallest absolute Gasteiger partial charge is 0.161 e. The molecule has 0 aromatic carbocycles. The molecule has 34 heavy (non-hydrogen) atoms. The van der Waals surface area contributed by atoms with E-state index >= 15 is 0 Å². The highest BCUT2D eigenvalue weighted by Crippen LogP contribution is 2.38. The molecule has 0 saturated carbocycles. The number of ether oxygens (including phenoxy) is 1. The summed E-state index contributed by atoms with van der Waals surface area (Å²) in [6.45, 7) is 6.64. The Morgan fingerprint density at radius 2 is 1.85 bits per heavy atom. The second-order valence-corrected chi connectivity index (χ2v) is 8.71. The van der Waals surface area contributed by atoms with Crippen LogP contribution in [0.25, 0.3) is 11.4 Å². The number of aliphatic hydroxyl groups is 1. The van der Waals surface area contributed by atoms with E-state index in [-0.39, 0.29) is 0 Å². The van der Waals surface area contributed by atoms with Crippen molar-refractivity contribution in [3.63, 3.8) is 0 Å². The van der Waals surface area contributed by atoms with Crippen LogP contribution >= 0.6 is 0 Å². The first-order valence-electron chi connectivity index (χ1n) is 11.1. The molecule has 0 saturated heterocycles. The zero-order chi connectivity index (χ0) is 23.7. The quantitative estimate of drug-likeness (QED) is 0.446. The Kier molecular flexibility index (Phi) is 5.59. The standard InChI is InChI=1S/C26H26N6O2/c1-17-5-4-6-20(30-17)21-15-22-23(16-29-21)34-12-11-32(22)19-8-10-28-25(14-19)31-18-7-9-27-24(13-18)26(2,3)33/h4-10,13-16,33H,11-12H2,1-3H3,(H,27,28,31). The lowest BCUT2D eigenvalue weighted by molar-refractivity contribution is 0.0739. The van der Waals surface area contributed by atoms with E-state index < -0.39 is 5.60 Å². The zero-order valence-corrected chi connectivity index (χ0v) is 19.4. The van der Waals surface area contributed by atoms with E-state index in [9.17, 15) is 5.11 Å². The molecule has 0 atom stereocenters. The van der Waals surface area contributed by atoms with Crippen molar-refractivity contribution in [1.29, 1.82) is 0 Å². The molecule has 5 heterocycles. The van der Waals surface area contributed by atoms with Crippen LogP contribution in [0.2, 0.25) is 0 Å². The van der Waals surface area contributed by atoms with E-state index in [1.54, 1.807) is 32.4 Å². The fourth-order valence-corrected chi connectivity index (χ4v) is 3.86. The van der Waals surface area contributed by atoms with Gasteiger partial charge in [0.1, 0.15) is 18.0 Å². The summed E-state index contributed by atoms with van der Waals surface area (Å²) in [4.78, 5) is 20.1. The van der Waals surface area contributed by atoms with Crippen molar-refractivity contribution in [2.24, 2.45) is 0 Å². The zero-order valence-electron chi connectivity index (χ0n) is 19.4. The van der Waals surface area contributed by atoms with Gasteiger partial charge >= 0.3 is 0 Å². The van der Waals surface area contributed by atoms with Crippen LogP contribution in [0.15, 0.2) is 67.1 Å². The number of aromatic nitrogens is 4. The predicted molar refractivity (Wildman–Crippen MR) is 132 cm³/mol. The highest BCUT2D eigenvalue weighted by atomic mass is 16.5. The first kappa shape index (κ1) is 21.8. The third-order valence-corrected chi connectivity index (χ3v) is 5.58. The van der Waals surface area contributed by atoms with Crippen LogP contribution in [0, 0.1) is 6.92 Å². The van der Waals surface area contributed by atoms with Gasteiger partial charge < -0.3 is 20.1 Å². The summed E-state index contributed by atoms with van der Waals surface area (Å²) in [5.74, 6) is 1.42. The van der Waals surface area contributed by atoms with Crippen LogP contribution in [0.1, 0.15) is 25.2 Å². The van der Waals surface area contributed by atoms with Gasteiger partial charge in [-0.2, -0.15) is 0 Å². The van der Waals surface area contributed by atoms with E-state index in [1.165, 1.54) is 0 Å². The van der Waals surface area contributed by atoms with Gasteiger partial charge in [-0.3, -0.25) is 15.0 Å². The fourth-order valence-electron chi connectivity index (χ4n) is 3.86. The van der Waals surface area contributed by atoms with Crippen LogP contribution in [-0.2, 0) is 5.60 Å². The number of hydrogen-bond acceptors (Lipinski definition) is 8. The van der Waals surface area contributed by atoms with E-state index in [4.69, 9.17) is 4.74 Å². The van der Waals surface area contributed by atoms with Gasteiger partial charge in [0.05, 0.1) is 35.5 Å². The molecule has 8 nitrogen and oxygen atoms in total. The summed E-state index contributed by atoms with van der Waals surface area (Å²) in [5, 5.41) is 13.6. The van der Waals surface area contributed by atoms with Gasteiger partial charge in [-0.15, -0.1) is 0 Å². The minimum absolute atomic E-state index is 0.557. The van der Waals surface area contributed by atoms with Gasteiger partial charge in [0, 0.05) is 35.5 Å². The van der Waals surface area contributed by atoms with Crippen molar-refractivity contribution in [2.75, 3.05) is 23.4 Å². The van der Waals surface area contributed by atoms with E-state index in [0.29, 0.717) is 24.7 Å². The maximum atomic E-state index is 10.3. The van der Waals surface area contributed by atoms with Crippen molar-refractivity contribution in [2.45, 2.75) is 26.4 Å². The van der Waals surface area contributed by atoms with E-state index in [2.05, 4.69) is 30.2 Å². The molecule has 0 aliphatic carbocycles. The molecule has 0 radical (unpaired) electrons. The first-order valence-corrected chi connectivity index (χ1v) is 11.1. The van der Waals surface area contributed by atoms with Crippen LogP contribution < -0.4 is 15.0 Å². The Bertz CT molecular complexity index is 1330. The van der Waals surface area contributed by atoms with Crippen molar-refractivity contribution >= 4 is 22.9 Å². The lowest BCUT2D eigenvalue weighted by Gasteiger charge is -2.31. The molecule has 1 aliphatic rings. The first-order chi connectivity index (χ1) is 16.4. The normalized spacial score (nSPS) is 13.2. The van der Waals surface area contributed by atoms with Gasteiger partial charge in [0.15, 0.2) is 5.75 Å². The predicted octanol–water partition coefficient (Wildman–Crippen LogP) is 4.74. The number of hydrogen-bond donors (Lipinski definition) is 2. The minimum atomic E-state index is -1.03. The SMILES string of the molecule is Cc1cccc(-c2cc3c(cn2)OCCN3c2ccnc(Nc3ccnc(C(C)(C)O)c3)c2)n1. The maximum Gasteiger partial charge on any atom is 0.161 e. The van der Waals surface area contributed by atoms with Crippen molar-refractivity contribution < 1.29 is 9.84 Å². The molecule has 4 aromatic rings. The average Bonchev–Trinajstić information content (AvgIpc) is 2.83. The van der Waals surface area contributed by atoms with Crippen LogP contribution in [0.4, 0.5) is 22.9 Å². The van der Waals surface area contributed by atoms with Crippen molar-refractivity contribution in [3.8, 4) is 17.1 Å². The lowest BCUT2D eigenvalue weighted by Crippen LogP contribution is -2.28. The second-order valence-electron chi connectivity index (χ2n) is 8.71. The summed E-state index contributed by atoms with van der Waals surface area (Å²) in [6, 6.07) is 15.6. The second kappa shape index (κ2) is 8.72. The summed E-state index contributed by atoms with van der Waals surface area (Å²) in [5.41, 5.74) is 4.84. The molecule has 1 aliphatic heterocycles. The Morgan fingerprint density at radius 3 is 2.68 bits per heavy atom. The number of fused-ring (bicyclic) bond motifs is 1. The molecule has 4 aromatic heterocycles. The lowest BCUT2D eigenvalue weighted by atomic mass is 10.0. The Labute approximate surface area is 198 Å². The molecule has 0 fully saturated rings. The molecular formula is C26H26N6O2. The monoisotopic (exact) mass is 454 g/mol. The molecular weight excluding hydrogens is 428 g/mol. The molecule has 2 N–H and O–H groups in total. The molecule has 0 bridgehead atoms. The number of anilines is 4. The van der Waals surface area contributed by atoms with Crippen LogP contribution in [0.3, 0.4) is 0 Å². The summed E-state index contributed by atoms with van der Waals surface area (Å²) in [6.07, 6.45) is 5.21. The molecule has 0 amide bonds. The molecule has 8 heteroatoms. The van der Waals surface area contributed by atoms with E-state index in [0.717, 1.165) is 39.9 Å². The topological polar surface area (TPSA) is 96.3 Å². The molecule has 172 valence electrons. The largest absolute Gasteiger partial charge is 0.488 e. The van der Waals surface area contributed by atoms with Crippen LogP contribution in [-0.4, -0.2) is 38.2 Å². The molecule has 5 rings (SSSR count). The Morgan fingerprint density at radius 1 is 1.00 bits per heavy atom. The van der Waals surface area contributed by atoms with E-state index in [1.807, 2.05) is 55.5 Å². The van der Waals surface area contributed by atoms with Gasteiger partial charge in [0.2, 0.25) is 0 Å². The third-order valence-electron chi connectivity index (χ3n) is 5.58. The Hall–Kier alpha value is -4.04. The average molecular weight is 455 g/mol. The minimum Gasteiger partial charge on any atom is -0.488 e. The number of nitrogens with zero attached hydrogens (tertiary/aromatic N) is 5. The van der Waals surface area contributed by atoms with Gasteiger partial charge in [0.25, 0.3) is 0 Å². The molecule has 0 unspecified atom stereocenters. The Balaban J connectivity index is 1.46. The van der Waals surface area contributed by atoms with Crippen molar-refractivity contribution in [1.82, 2.24) is 19.9 Å². The fraction of sp³-hybridized carbons (Fsp3) is 0.231. The van der Waals surface area contributed by atoms with Crippen molar-refractivity contribution in [3.05, 3.63) is 78.5 Å². The number of aryl methyl sites for hydroxylation is 1. The maximum absolute atomic E-state index is 10.3. The number of pyridine rings is 4. The number of nitrogens with one attached hydrogen (secondary N) is 1. The highest BCUT2D eigenvalue weighted by molar-refractivity contribution is 5.75. The van der Waals surface area contributed by atoms with Gasteiger partial charge in [-0.05, 0) is 57.2 Å². The van der Waals surface area contributed by atoms with Gasteiger partial charge in [-0.1, -0.05) is 6.07 Å². The molecule has 0 spiro atoms. The van der Waals surface area contributed by atoms with Gasteiger partial charge in [-0.25, -0.2) is 4.98 Å². The van der Waals surface area contributed by atoms with Crippen LogP contribution in [0.5, 0.6) is 5.75 Å². The summed E-state index contributed by atoms with van der Waals surface area (Å²) < 4.78 is 5.87.